The van der Waals surface area contributed by atoms with Crippen LogP contribution in [0.5, 0.6) is 0 Å². The van der Waals surface area contributed by atoms with Crippen molar-refractivity contribution in [1.29, 1.82) is 0 Å². The Labute approximate surface area is 63.6 Å². The molecule has 0 saturated carbocycles. The molecule has 1 nitrogen and oxygen atoms in total. The second-order valence-corrected chi connectivity index (χ2v) is 2.46. The highest BCUT2D eigenvalue weighted by Crippen LogP contribution is 2.06. The highest BCUT2D eigenvalue weighted by molar-refractivity contribution is 5.10. The maximum atomic E-state index is 5.34. The summed E-state index contributed by atoms with van der Waals surface area (Å²) in [5.41, 5.74) is 6.47. The number of hydrogen-bond donors (Lipinski definition) is 1. The first-order valence-electron chi connectivity index (χ1n) is 3.81. The number of rotatable bonds is 6. The Morgan fingerprint density at radius 1 is 1.30 bits per heavy atom. The van der Waals surface area contributed by atoms with Crippen LogP contribution in [0.1, 0.15) is 25.7 Å². The van der Waals surface area contributed by atoms with Gasteiger partial charge in [-0.3, -0.25) is 0 Å². The predicted molar refractivity (Wildman–Crippen MR) is 46.9 cm³/mol. The Kier molecular flexibility index (Phi) is 6.19. The molecule has 0 aromatic heterocycles. The van der Waals surface area contributed by atoms with Crippen molar-refractivity contribution in [3.8, 4) is 0 Å². The molecule has 0 heterocycles. The van der Waals surface area contributed by atoms with Crippen LogP contribution in [0.3, 0.4) is 0 Å². The summed E-state index contributed by atoms with van der Waals surface area (Å²) in [6, 6.07) is 0. The maximum absolute atomic E-state index is 5.34. The third-order valence-corrected chi connectivity index (χ3v) is 1.49. The molecule has 0 rings (SSSR count). The van der Waals surface area contributed by atoms with Gasteiger partial charge in [0.25, 0.3) is 0 Å². The number of allylic oxidation sites excluding steroid dienone is 2. The van der Waals surface area contributed by atoms with Crippen molar-refractivity contribution in [3.63, 3.8) is 0 Å². The molecule has 0 amide bonds. The van der Waals surface area contributed by atoms with Gasteiger partial charge in [0.2, 0.25) is 0 Å². The Morgan fingerprint density at radius 2 is 2.00 bits per heavy atom. The molecule has 58 valence electrons. The molecule has 0 aliphatic heterocycles. The summed E-state index contributed by atoms with van der Waals surface area (Å²) in [6.07, 6.45) is 6.43. The summed E-state index contributed by atoms with van der Waals surface area (Å²) in [6.45, 7) is 8.26. The quantitative estimate of drug-likeness (QED) is 0.443. The van der Waals surface area contributed by atoms with Gasteiger partial charge in [0, 0.05) is 0 Å². The van der Waals surface area contributed by atoms with Gasteiger partial charge < -0.3 is 5.73 Å². The maximum Gasteiger partial charge on any atom is -0.00773 e. The van der Waals surface area contributed by atoms with Gasteiger partial charge in [0.15, 0.2) is 0 Å². The van der Waals surface area contributed by atoms with Crippen LogP contribution in [0, 0.1) is 0 Å². The van der Waals surface area contributed by atoms with E-state index < -0.39 is 0 Å². The average Bonchev–Trinajstić information content (AvgIpc) is 1.98. The van der Waals surface area contributed by atoms with E-state index >= 15 is 0 Å². The molecule has 1 heteroatoms. The molecule has 10 heavy (non-hydrogen) atoms. The highest BCUT2D eigenvalue weighted by atomic mass is 14.5. The zero-order chi connectivity index (χ0) is 7.82. The van der Waals surface area contributed by atoms with Crippen LogP contribution in [0.25, 0.3) is 0 Å². The first-order chi connectivity index (χ1) is 4.81. The van der Waals surface area contributed by atoms with Gasteiger partial charge in [0.05, 0.1) is 0 Å². The van der Waals surface area contributed by atoms with E-state index in [0.717, 1.165) is 25.0 Å². The SMILES string of the molecule is C=CC(=C)CCCCCN. The zero-order valence-corrected chi connectivity index (χ0v) is 6.60. The van der Waals surface area contributed by atoms with E-state index in [2.05, 4.69) is 13.2 Å². The predicted octanol–water partition coefficient (Wildman–Crippen LogP) is 2.25. The Balaban J connectivity index is 3.03. The molecule has 0 aliphatic rings. The van der Waals surface area contributed by atoms with Gasteiger partial charge in [-0.05, 0) is 25.8 Å². The molecule has 0 saturated heterocycles. The van der Waals surface area contributed by atoms with Crippen LogP contribution in [-0.4, -0.2) is 6.54 Å². The van der Waals surface area contributed by atoms with Gasteiger partial charge in [0.1, 0.15) is 0 Å². The second kappa shape index (κ2) is 6.56. The van der Waals surface area contributed by atoms with E-state index in [-0.39, 0.29) is 0 Å². The van der Waals surface area contributed by atoms with E-state index in [1.165, 1.54) is 12.8 Å². The van der Waals surface area contributed by atoms with Crippen LogP contribution < -0.4 is 5.73 Å². The molecule has 0 bridgehead atoms. The highest BCUT2D eigenvalue weighted by Gasteiger charge is 1.88. The van der Waals surface area contributed by atoms with Gasteiger partial charge in [-0.1, -0.05) is 31.2 Å². The lowest BCUT2D eigenvalue weighted by Gasteiger charge is -1.97. The summed E-state index contributed by atoms with van der Waals surface area (Å²) >= 11 is 0. The minimum atomic E-state index is 0.806. The molecule has 0 aromatic rings. The van der Waals surface area contributed by atoms with Crippen LogP contribution in [0.15, 0.2) is 24.8 Å². The Morgan fingerprint density at radius 3 is 2.50 bits per heavy atom. The van der Waals surface area contributed by atoms with E-state index in [0.29, 0.717) is 0 Å². The van der Waals surface area contributed by atoms with E-state index in [1.807, 2.05) is 6.08 Å². The summed E-state index contributed by atoms with van der Waals surface area (Å²) in [7, 11) is 0. The molecule has 0 aliphatic carbocycles. The Bertz CT molecular complexity index is 105. The normalized spacial score (nSPS) is 9.30. The molecular weight excluding hydrogens is 122 g/mol. The fourth-order valence-electron chi connectivity index (χ4n) is 0.775. The van der Waals surface area contributed by atoms with E-state index in [4.69, 9.17) is 5.73 Å². The molecule has 0 radical (unpaired) electrons. The fraction of sp³-hybridized carbons (Fsp3) is 0.556. The monoisotopic (exact) mass is 139 g/mol. The molecule has 0 spiro atoms. The van der Waals surface area contributed by atoms with Crippen molar-refractivity contribution in [1.82, 2.24) is 0 Å². The lowest BCUT2D eigenvalue weighted by Crippen LogP contribution is -1.97. The largest absolute Gasteiger partial charge is 0.330 e. The molecular formula is C9H17N. The van der Waals surface area contributed by atoms with Crippen LogP contribution >= 0.6 is 0 Å². The minimum absolute atomic E-state index is 0.806. The summed E-state index contributed by atoms with van der Waals surface area (Å²) in [5.74, 6) is 0. The lowest BCUT2D eigenvalue weighted by molar-refractivity contribution is 0.689. The van der Waals surface area contributed by atoms with Gasteiger partial charge >= 0.3 is 0 Å². The van der Waals surface area contributed by atoms with Crippen molar-refractivity contribution in [2.45, 2.75) is 25.7 Å². The van der Waals surface area contributed by atoms with Gasteiger partial charge in [-0.2, -0.15) is 0 Å². The smallest absolute Gasteiger partial charge is 0.00773 e. The van der Waals surface area contributed by atoms with Crippen molar-refractivity contribution < 1.29 is 0 Å². The van der Waals surface area contributed by atoms with E-state index in [1.54, 1.807) is 0 Å². The first-order valence-corrected chi connectivity index (χ1v) is 3.81. The molecule has 2 N–H and O–H groups in total. The first kappa shape index (κ1) is 9.44. The third kappa shape index (κ3) is 5.57. The lowest BCUT2D eigenvalue weighted by atomic mass is 10.1. The number of nitrogens with two attached hydrogens (primary N) is 1. The van der Waals surface area contributed by atoms with Crippen molar-refractivity contribution in [2.24, 2.45) is 5.73 Å². The number of unbranched alkanes of at least 4 members (excludes halogenated alkanes) is 2. The van der Waals surface area contributed by atoms with Crippen LogP contribution in [-0.2, 0) is 0 Å². The van der Waals surface area contributed by atoms with Crippen LogP contribution in [0.2, 0.25) is 0 Å². The van der Waals surface area contributed by atoms with Crippen molar-refractivity contribution in [2.75, 3.05) is 6.54 Å². The molecule has 0 fully saturated rings. The zero-order valence-electron chi connectivity index (χ0n) is 6.60. The van der Waals surface area contributed by atoms with Gasteiger partial charge in [-0.15, -0.1) is 0 Å². The minimum Gasteiger partial charge on any atom is -0.330 e. The molecule has 0 atom stereocenters. The van der Waals surface area contributed by atoms with E-state index in [9.17, 15) is 0 Å². The third-order valence-electron chi connectivity index (χ3n) is 1.49. The second-order valence-electron chi connectivity index (χ2n) is 2.46. The van der Waals surface area contributed by atoms with Crippen LogP contribution in [0.4, 0.5) is 0 Å². The van der Waals surface area contributed by atoms with Gasteiger partial charge in [-0.25, -0.2) is 0 Å². The van der Waals surface area contributed by atoms with Crippen molar-refractivity contribution in [3.05, 3.63) is 24.8 Å². The van der Waals surface area contributed by atoms with Crippen molar-refractivity contribution >= 4 is 0 Å². The summed E-state index contributed by atoms with van der Waals surface area (Å²) < 4.78 is 0. The molecule has 0 unspecified atom stereocenters. The fourth-order valence-corrected chi connectivity index (χ4v) is 0.775. The average molecular weight is 139 g/mol. The molecule has 0 aromatic carbocycles. The topological polar surface area (TPSA) is 26.0 Å². The number of hydrogen-bond acceptors (Lipinski definition) is 1. The summed E-state index contributed by atoms with van der Waals surface area (Å²) in [5, 5.41) is 0. The summed E-state index contributed by atoms with van der Waals surface area (Å²) in [4.78, 5) is 0. The Hall–Kier alpha value is -0.560. The standard InChI is InChI=1S/C9H17N/c1-3-9(2)7-5-4-6-8-10/h3H,1-2,4-8,10H2.